The maximum absolute atomic E-state index is 15.5. The molecule has 19 N–H and O–H groups in total. The van der Waals surface area contributed by atoms with Crippen LogP contribution in [0.5, 0.6) is 0 Å². The number of fused-ring (bicyclic) bond motifs is 1. The minimum atomic E-state index is -1.85. The van der Waals surface area contributed by atoms with E-state index in [1.807, 2.05) is 70.2 Å². The number of aliphatic hydroxyl groups is 1. The van der Waals surface area contributed by atoms with Crippen molar-refractivity contribution in [3.05, 3.63) is 173 Å². The van der Waals surface area contributed by atoms with Crippen LogP contribution in [-0.4, -0.2) is 196 Å². The highest BCUT2D eigenvalue weighted by atomic mass is 35.5. The van der Waals surface area contributed by atoms with E-state index in [0.717, 1.165) is 10.8 Å². The lowest BCUT2D eigenvalue weighted by atomic mass is 9.98. The van der Waals surface area contributed by atoms with Gasteiger partial charge in [-0.15, -0.1) is 0 Å². The summed E-state index contributed by atoms with van der Waals surface area (Å²) in [4.78, 5) is 172. The number of nitrogen functional groups attached to an aromatic ring is 2. The topological polar surface area (TPSA) is 506 Å². The first kappa shape index (κ1) is 85.8. The molecule has 1 aliphatic rings. The molecule has 1 fully saturated rings. The first-order valence-electron chi connectivity index (χ1n) is 37.9. The molecule has 114 heavy (non-hydrogen) atoms. The molecule has 4 heterocycles. The Balaban J connectivity index is 1.00. The number of H-pyrrole nitrogens is 2. The van der Waals surface area contributed by atoms with Crippen LogP contribution >= 0.6 is 11.6 Å². The quantitative estimate of drug-likeness (QED) is 0.0245. The Morgan fingerprint density at radius 3 is 1.46 bits per heavy atom. The zero-order valence-corrected chi connectivity index (χ0v) is 65.1. The normalized spacial score (nSPS) is 15.0. The summed E-state index contributed by atoms with van der Waals surface area (Å²) in [7, 11) is 0. The van der Waals surface area contributed by atoms with Gasteiger partial charge in [-0.2, -0.15) is 20.2 Å². The van der Waals surface area contributed by atoms with Gasteiger partial charge in [0, 0.05) is 80.2 Å². The summed E-state index contributed by atoms with van der Waals surface area (Å²) < 4.78 is 0. The number of amides is 11. The first-order valence-corrected chi connectivity index (χ1v) is 38.2. The molecule has 0 saturated carbocycles. The molecule has 33 nitrogen and oxygen atoms in total. The number of unbranched alkanes of at least 4 members (excludes halogenated alkanes) is 1. The van der Waals surface area contributed by atoms with Gasteiger partial charge >= 0.3 is 0 Å². The van der Waals surface area contributed by atoms with E-state index in [9.17, 15) is 43.5 Å². The van der Waals surface area contributed by atoms with Crippen LogP contribution in [0.3, 0.4) is 0 Å². The van der Waals surface area contributed by atoms with E-state index in [1.54, 1.807) is 84.9 Å². The van der Waals surface area contributed by atoms with E-state index in [0.29, 0.717) is 69.8 Å². The molecule has 34 heteroatoms. The average molecular weight is 1580 g/mol. The summed E-state index contributed by atoms with van der Waals surface area (Å²) >= 11 is 6.28. The number of aliphatic hydroxyl groups excluding tert-OH is 1. The number of nitrogens with two attached hydrogens (primary N) is 3. The molecule has 11 amide bonds. The number of pyridine rings is 1. The Morgan fingerprint density at radius 1 is 0.526 bits per heavy atom. The number of likely N-dealkylation sites (tertiary alicyclic amines) is 1. The van der Waals surface area contributed by atoms with Crippen molar-refractivity contribution in [2.24, 2.45) is 11.7 Å². The Kier molecular flexibility index (Phi) is 31.1. The van der Waals surface area contributed by atoms with E-state index >= 15 is 14.4 Å². The lowest BCUT2D eigenvalue weighted by Crippen LogP contribution is -2.62. The van der Waals surface area contributed by atoms with Crippen LogP contribution in [0.25, 0.3) is 33.5 Å². The van der Waals surface area contributed by atoms with Gasteiger partial charge < -0.3 is 80.4 Å². The highest BCUT2D eigenvalue weighted by Crippen LogP contribution is 2.24. The monoisotopic (exact) mass is 1580 g/mol. The predicted octanol–water partition coefficient (Wildman–Crippen LogP) is 2.22. The number of rotatable bonds is 40. The number of hydrogen-bond acceptors (Lipinski definition) is 20. The maximum atomic E-state index is 15.5. The zero-order valence-electron chi connectivity index (χ0n) is 64.3. The highest BCUT2D eigenvalue weighted by Gasteiger charge is 2.41. The van der Waals surface area contributed by atoms with Crippen molar-refractivity contribution in [1.82, 2.24) is 93.4 Å². The Hall–Kier alpha value is -12.2. The lowest BCUT2D eigenvalue weighted by molar-refractivity contribution is -0.142. The number of hydrogen-bond donors (Lipinski definition) is 16. The Morgan fingerprint density at radius 2 is 0.982 bits per heavy atom. The van der Waals surface area contributed by atoms with Gasteiger partial charge in [0.25, 0.3) is 0 Å². The van der Waals surface area contributed by atoms with E-state index in [-0.39, 0.29) is 93.4 Å². The van der Waals surface area contributed by atoms with Crippen molar-refractivity contribution < 1.29 is 57.8 Å². The summed E-state index contributed by atoms with van der Waals surface area (Å²) in [5.41, 5.74) is 20.8. The van der Waals surface area contributed by atoms with Gasteiger partial charge in [-0.25, -0.2) is 10.2 Å². The van der Waals surface area contributed by atoms with Crippen LogP contribution in [-0.2, 0) is 84.8 Å². The third-order valence-corrected chi connectivity index (χ3v) is 19.4. The second-order valence-corrected chi connectivity index (χ2v) is 29.5. The number of primary amides is 1. The van der Waals surface area contributed by atoms with Crippen molar-refractivity contribution in [3.63, 3.8) is 0 Å². The minimum absolute atomic E-state index is 0.0239. The van der Waals surface area contributed by atoms with E-state index in [1.165, 1.54) is 31.1 Å². The molecule has 0 spiro atoms. The summed E-state index contributed by atoms with van der Waals surface area (Å²) in [6.07, 6.45) is 4.00. The zero-order chi connectivity index (χ0) is 82.1. The van der Waals surface area contributed by atoms with E-state index < -0.39 is 132 Å². The third-order valence-electron chi connectivity index (χ3n) is 19.2. The first-order chi connectivity index (χ1) is 54.6. The maximum Gasteiger partial charge on any atom is 0.245 e. The Labute approximate surface area is 664 Å². The molecule has 0 aliphatic carbocycles. The fourth-order valence-corrected chi connectivity index (χ4v) is 13.3. The summed E-state index contributed by atoms with van der Waals surface area (Å²) in [5, 5.41) is 54.9. The number of halogens is 1. The van der Waals surface area contributed by atoms with Crippen LogP contribution in [0.1, 0.15) is 108 Å². The van der Waals surface area contributed by atoms with Gasteiger partial charge in [-0.05, 0) is 115 Å². The summed E-state index contributed by atoms with van der Waals surface area (Å²) in [5.74, 6) is -8.35. The molecule has 1 saturated heterocycles. The molecular weight excluding hydrogens is 1480 g/mol. The molecule has 10 atom stereocenters. The number of benzene rings is 5. The third kappa shape index (κ3) is 25.4. The number of anilines is 2. The number of carbonyl (C=O) groups excluding carboxylic acids is 11. The number of aromatic amines is 2. The van der Waals surface area contributed by atoms with Crippen LogP contribution < -0.4 is 70.4 Å². The van der Waals surface area contributed by atoms with Crippen LogP contribution in [0.15, 0.2) is 140 Å². The predicted molar refractivity (Wildman–Crippen MR) is 427 cm³/mol. The van der Waals surface area contributed by atoms with Crippen LogP contribution in [0, 0.1) is 5.92 Å². The lowest BCUT2D eigenvalue weighted by Gasteiger charge is -2.31. The van der Waals surface area contributed by atoms with Crippen LogP contribution in [0.2, 0.25) is 5.02 Å². The molecular formula is C80H100ClN21O12. The van der Waals surface area contributed by atoms with Gasteiger partial charge in [-0.1, -0.05) is 148 Å². The number of nitrogens with zero attached hydrogens (tertiary/aromatic N) is 6. The molecule has 8 aromatic rings. The van der Waals surface area contributed by atoms with Crippen molar-refractivity contribution >= 4 is 99.2 Å². The second-order valence-electron chi connectivity index (χ2n) is 29.1. The molecule has 0 radical (unpaired) electrons. The van der Waals surface area contributed by atoms with Gasteiger partial charge in [0.15, 0.2) is 11.6 Å². The molecule has 604 valence electrons. The minimum Gasteiger partial charge on any atom is -0.394 e. The molecule has 1 aliphatic heterocycles. The van der Waals surface area contributed by atoms with Gasteiger partial charge in [0.05, 0.1) is 6.61 Å². The van der Waals surface area contributed by atoms with Gasteiger partial charge in [0.1, 0.15) is 60.4 Å². The van der Waals surface area contributed by atoms with Crippen molar-refractivity contribution in [3.8, 4) is 22.8 Å². The highest BCUT2D eigenvalue weighted by molar-refractivity contribution is 6.30. The number of carbonyl (C=O) groups is 11. The molecule has 3 aromatic heterocycles. The smallest absolute Gasteiger partial charge is 0.245 e. The average Bonchev–Trinajstić information content (AvgIpc) is 1.46. The van der Waals surface area contributed by atoms with Gasteiger partial charge in [-0.3, -0.25) is 57.7 Å². The largest absolute Gasteiger partial charge is 0.394 e. The summed E-state index contributed by atoms with van der Waals surface area (Å²) in [6.45, 7) is 10.0. The van der Waals surface area contributed by atoms with Crippen molar-refractivity contribution in [2.75, 3.05) is 31.2 Å². The number of nitrogens with one attached hydrogen (secondary N) is 12. The SMILES string of the molecule is CC(=O)N[C@H](Cc1ccc2ccccc2c1)C(=O)N[C@@H](Cc1ccc(Cl)cc1)C(=O)N[C@H](Cc1cccnc1)C(=O)N[C@@H](CO)C(=O)N[C@@H](Cc1ccc(-c2n[nH]c(N)n2)cc1)C(=O)N[C@@H](Cc1ccc(-c2n[nH]c(N)n2)cc1)C(=O)N[C@@H](CC(C)C)C(=O)N[C@@H](CCCCNC(C)C)C(=O)N1CCC[C@@H]1C(=O)N[C@@H](C)C(N)=O. The molecule has 0 bridgehead atoms. The van der Waals surface area contributed by atoms with Crippen LogP contribution in [0.4, 0.5) is 11.9 Å². The van der Waals surface area contributed by atoms with Crippen molar-refractivity contribution in [1.29, 1.82) is 0 Å². The molecule has 9 rings (SSSR count). The van der Waals surface area contributed by atoms with E-state index in [2.05, 4.69) is 88.5 Å². The molecule has 0 unspecified atom stereocenters. The fourth-order valence-electron chi connectivity index (χ4n) is 13.2. The fraction of sp³-hybridized carbons (Fsp3) is 0.400. The molecule has 5 aromatic carbocycles. The second kappa shape index (κ2) is 41.3. The van der Waals surface area contributed by atoms with E-state index in [4.69, 9.17) is 28.8 Å². The number of aromatic nitrogens is 7. The Bertz CT molecular complexity index is 4640. The van der Waals surface area contributed by atoms with Crippen molar-refractivity contribution in [2.45, 2.75) is 179 Å². The van der Waals surface area contributed by atoms with Gasteiger partial charge in [0.2, 0.25) is 76.9 Å². The standard InChI is InChI=1S/C80H100ClN21O12/c1-44(2)35-59(70(106)89-58(16-9-10-33-86-45(3)4)78(114)102-34-12-17-66(102)77(113)87-46(5)67(82)105)90-72(108)61(37-48-18-26-54(27-19-48)68-96-79(83)100-98-68)92-74(110)63(38-49-20-28-55(29-21-49)69-97-80(84)101-99-69)94-76(112)65(43-103)95-75(111)64(41-52-13-11-32-85-42-52)93-73(109)62(39-50-23-30-57(81)31-24-50)91-71(107)60(88-47(6)104)40-51-22-25-53-14-7-8-15-56(53)36-51/h7-8,11,13-15,18-32,36,42,44-46,58-66,86,103H,9-10,12,16-17,33-35,37-41,43H2,1-6H3,(H2,82,105)(H,87,113)(H,88,104)(H,89,106)(H,90,108)(H,91,107)(H,92,110)(H,93,109)(H,94,112)(H,95,111)(H3,83,96,98,100)(H3,84,97,99,101)/t46-,58-,59-,60+,61-,62-,63-,64+,65-,66+/m0/s1. The summed E-state index contributed by atoms with van der Waals surface area (Å²) in [6, 6.07) is 22.6.